The summed E-state index contributed by atoms with van der Waals surface area (Å²) >= 11 is 0. The van der Waals surface area contributed by atoms with E-state index in [-0.39, 0.29) is 18.4 Å². The molecule has 0 amide bonds. The summed E-state index contributed by atoms with van der Waals surface area (Å²) in [5.41, 5.74) is 7.66. The van der Waals surface area contributed by atoms with Crippen molar-refractivity contribution in [3.8, 4) is 6.07 Å². The van der Waals surface area contributed by atoms with Crippen molar-refractivity contribution in [2.45, 2.75) is 19.9 Å². The minimum atomic E-state index is 0. The molecule has 1 atom stereocenters. The van der Waals surface area contributed by atoms with Gasteiger partial charge in [0.25, 0.3) is 0 Å². The highest BCUT2D eigenvalue weighted by Crippen LogP contribution is 2.19. The van der Waals surface area contributed by atoms with Gasteiger partial charge in [0, 0.05) is 6.04 Å². The fourth-order valence-electron chi connectivity index (χ4n) is 1.20. The summed E-state index contributed by atoms with van der Waals surface area (Å²) in [6, 6.07) is 9.60. The number of benzene rings is 1. The van der Waals surface area contributed by atoms with Gasteiger partial charge in [0.2, 0.25) is 0 Å². The summed E-state index contributed by atoms with van der Waals surface area (Å²) in [7, 11) is 0. The van der Waals surface area contributed by atoms with Crippen LogP contribution >= 0.6 is 12.4 Å². The van der Waals surface area contributed by atoms with Gasteiger partial charge >= 0.3 is 0 Å². The Bertz CT molecular complexity index is 328. The predicted octanol–water partition coefficient (Wildman–Crippen LogP) is 2.64. The largest absolute Gasteiger partial charge is 0.324 e. The number of hydrogen-bond donors (Lipinski definition) is 1. The van der Waals surface area contributed by atoms with E-state index in [1.54, 1.807) is 6.07 Å². The Labute approximate surface area is 91.1 Å². The maximum absolute atomic E-state index is 8.69. The first-order chi connectivity index (χ1) is 6.15. The Morgan fingerprint density at radius 1 is 1.36 bits per heavy atom. The summed E-state index contributed by atoms with van der Waals surface area (Å²) in [6.45, 7) is 4.15. The third-order valence-electron chi connectivity index (χ3n) is 2.12. The molecule has 1 rings (SSSR count). The van der Waals surface area contributed by atoms with E-state index in [4.69, 9.17) is 11.0 Å². The number of rotatable bonds is 2. The summed E-state index contributed by atoms with van der Waals surface area (Å²) in [6.07, 6.45) is 0. The normalized spacial score (nSPS) is 11.6. The van der Waals surface area contributed by atoms with Crippen molar-refractivity contribution in [1.29, 1.82) is 5.26 Å². The summed E-state index contributed by atoms with van der Waals surface area (Å²) < 4.78 is 0. The first-order valence-electron chi connectivity index (χ1n) is 4.41. The lowest BCUT2D eigenvalue weighted by atomic mass is 9.96. The van der Waals surface area contributed by atoms with E-state index in [1.807, 2.05) is 18.2 Å². The fraction of sp³-hybridized carbons (Fsp3) is 0.364. The standard InChI is InChI=1S/C11H14N2.ClH/c1-8(2)11(13)10-5-3-4-9(6-10)7-12;/h3-6,8,11H,13H2,1-2H3;1H/t11-;/m0./s1. The SMILES string of the molecule is CC(C)[C@H](N)c1cccc(C#N)c1.Cl. The minimum absolute atomic E-state index is 0. The van der Waals surface area contributed by atoms with Gasteiger partial charge in [-0.3, -0.25) is 0 Å². The predicted molar refractivity (Wildman–Crippen MR) is 60.2 cm³/mol. The van der Waals surface area contributed by atoms with Gasteiger partial charge in [-0.1, -0.05) is 26.0 Å². The van der Waals surface area contributed by atoms with Gasteiger partial charge in [-0.05, 0) is 23.6 Å². The molecule has 1 aromatic rings. The molecule has 0 aromatic heterocycles. The van der Waals surface area contributed by atoms with E-state index < -0.39 is 0 Å². The van der Waals surface area contributed by atoms with Crippen molar-refractivity contribution in [1.82, 2.24) is 0 Å². The van der Waals surface area contributed by atoms with Gasteiger partial charge in [-0.15, -0.1) is 12.4 Å². The van der Waals surface area contributed by atoms with Crippen LogP contribution in [0, 0.1) is 17.2 Å². The molecule has 0 radical (unpaired) electrons. The molecule has 76 valence electrons. The maximum atomic E-state index is 8.69. The molecule has 0 unspecified atom stereocenters. The van der Waals surface area contributed by atoms with Gasteiger partial charge in [0.15, 0.2) is 0 Å². The molecular formula is C11H15ClN2. The molecule has 0 fully saturated rings. The van der Waals surface area contributed by atoms with Crippen molar-refractivity contribution in [3.63, 3.8) is 0 Å². The van der Waals surface area contributed by atoms with Crippen LogP contribution < -0.4 is 5.73 Å². The Hall–Kier alpha value is -1.04. The van der Waals surface area contributed by atoms with Gasteiger partial charge in [-0.2, -0.15) is 5.26 Å². The zero-order valence-electron chi connectivity index (χ0n) is 8.40. The van der Waals surface area contributed by atoms with Crippen LogP contribution in [0.5, 0.6) is 0 Å². The Balaban J connectivity index is 0.00000169. The fourth-order valence-corrected chi connectivity index (χ4v) is 1.20. The van der Waals surface area contributed by atoms with E-state index in [2.05, 4.69) is 19.9 Å². The summed E-state index contributed by atoms with van der Waals surface area (Å²) in [5.74, 6) is 0.397. The molecule has 14 heavy (non-hydrogen) atoms. The van der Waals surface area contributed by atoms with Crippen molar-refractivity contribution >= 4 is 12.4 Å². The maximum Gasteiger partial charge on any atom is 0.0991 e. The van der Waals surface area contributed by atoms with Crippen LogP contribution in [-0.2, 0) is 0 Å². The second-order valence-electron chi connectivity index (χ2n) is 3.51. The Kier molecular flexibility index (Phi) is 5.22. The van der Waals surface area contributed by atoms with Crippen molar-refractivity contribution < 1.29 is 0 Å². The molecular weight excluding hydrogens is 196 g/mol. The molecule has 0 bridgehead atoms. The van der Waals surface area contributed by atoms with Crippen LogP contribution in [-0.4, -0.2) is 0 Å². The first kappa shape index (κ1) is 13.0. The second-order valence-corrected chi connectivity index (χ2v) is 3.51. The van der Waals surface area contributed by atoms with Gasteiger partial charge in [-0.25, -0.2) is 0 Å². The molecule has 1 aromatic carbocycles. The average molecular weight is 211 g/mol. The molecule has 0 aliphatic rings. The topological polar surface area (TPSA) is 49.8 Å². The Morgan fingerprint density at radius 2 is 2.00 bits per heavy atom. The van der Waals surface area contributed by atoms with E-state index in [0.717, 1.165) is 5.56 Å². The van der Waals surface area contributed by atoms with Gasteiger partial charge < -0.3 is 5.73 Å². The molecule has 3 heteroatoms. The number of halogens is 1. The molecule has 2 N–H and O–H groups in total. The zero-order chi connectivity index (χ0) is 9.84. The quantitative estimate of drug-likeness (QED) is 0.816. The van der Waals surface area contributed by atoms with Crippen LogP contribution in [0.1, 0.15) is 31.0 Å². The highest BCUT2D eigenvalue weighted by molar-refractivity contribution is 5.85. The smallest absolute Gasteiger partial charge is 0.0991 e. The number of nitriles is 1. The van der Waals surface area contributed by atoms with Crippen LogP contribution in [0.3, 0.4) is 0 Å². The summed E-state index contributed by atoms with van der Waals surface area (Å²) in [4.78, 5) is 0. The molecule has 0 aliphatic heterocycles. The molecule has 0 saturated heterocycles. The third-order valence-corrected chi connectivity index (χ3v) is 2.12. The highest BCUT2D eigenvalue weighted by Gasteiger charge is 2.09. The number of nitrogens with two attached hydrogens (primary N) is 1. The van der Waals surface area contributed by atoms with Crippen LogP contribution in [0.25, 0.3) is 0 Å². The van der Waals surface area contributed by atoms with Crippen LogP contribution in [0.2, 0.25) is 0 Å². The molecule has 0 spiro atoms. The first-order valence-corrected chi connectivity index (χ1v) is 4.41. The van der Waals surface area contributed by atoms with E-state index in [1.165, 1.54) is 0 Å². The highest BCUT2D eigenvalue weighted by atomic mass is 35.5. The monoisotopic (exact) mass is 210 g/mol. The number of nitrogens with zero attached hydrogens (tertiary/aromatic N) is 1. The van der Waals surface area contributed by atoms with Gasteiger partial charge in [0.05, 0.1) is 11.6 Å². The van der Waals surface area contributed by atoms with Crippen molar-refractivity contribution in [3.05, 3.63) is 35.4 Å². The van der Waals surface area contributed by atoms with E-state index in [0.29, 0.717) is 11.5 Å². The molecule has 0 saturated carbocycles. The van der Waals surface area contributed by atoms with E-state index in [9.17, 15) is 0 Å². The van der Waals surface area contributed by atoms with E-state index >= 15 is 0 Å². The van der Waals surface area contributed by atoms with Crippen LogP contribution in [0.15, 0.2) is 24.3 Å². The molecule has 2 nitrogen and oxygen atoms in total. The lowest BCUT2D eigenvalue weighted by Gasteiger charge is -2.15. The third kappa shape index (κ3) is 3.02. The van der Waals surface area contributed by atoms with Crippen LogP contribution in [0.4, 0.5) is 0 Å². The second kappa shape index (κ2) is 5.64. The zero-order valence-corrected chi connectivity index (χ0v) is 9.21. The molecule has 0 aliphatic carbocycles. The van der Waals surface area contributed by atoms with Crippen molar-refractivity contribution in [2.24, 2.45) is 11.7 Å². The Morgan fingerprint density at radius 3 is 2.50 bits per heavy atom. The van der Waals surface area contributed by atoms with Gasteiger partial charge in [0.1, 0.15) is 0 Å². The summed E-state index contributed by atoms with van der Waals surface area (Å²) in [5, 5.41) is 8.69. The number of hydrogen-bond acceptors (Lipinski definition) is 2. The van der Waals surface area contributed by atoms with Crippen molar-refractivity contribution in [2.75, 3.05) is 0 Å². The lowest BCUT2D eigenvalue weighted by Crippen LogP contribution is -2.16. The average Bonchev–Trinajstić information content (AvgIpc) is 2.16. The lowest BCUT2D eigenvalue weighted by molar-refractivity contribution is 0.514. The molecule has 0 heterocycles. The minimum Gasteiger partial charge on any atom is -0.324 e.